The number of likely N-dealkylation sites (N-methyl/N-ethyl adjacent to an activating group) is 1. The molecule has 24 heavy (non-hydrogen) atoms. The number of amides is 1. The maximum Gasteiger partial charge on any atom is 0.251 e. The van der Waals surface area contributed by atoms with Crippen LogP contribution < -0.4 is 10.2 Å². The van der Waals surface area contributed by atoms with Gasteiger partial charge < -0.3 is 15.1 Å². The molecule has 3 heterocycles. The van der Waals surface area contributed by atoms with Gasteiger partial charge in [-0.25, -0.2) is 4.98 Å². The second-order valence-electron chi connectivity index (χ2n) is 6.40. The van der Waals surface area contributed by atoms with Crippen molar-refractivity contribution in [3.05, 3.63) is 46.3 Å². The zero-order valence-corrected chi connectivity index (χ0v) is 15.1. The Morgan fingerprint density at radius 2 is 2.12 bits per heavy atom. The SMILES string of the molecule is C[C@H](Cc1ccsc1)NC(=O)c1ccnc(N2CCN(C)CC2)c1. The van der Waals surface area contributed by atoms with E-state index in [9.17, 15) is 4.79 Å². The molecule has 0 radical (unpaired) electrons. The van der Waals surface area contributed by atoms with Crippen LogP contribution >= 0.6 is 11.3 Å². The van der Waals surface area contributed by atoms with Gasteiger partial charge in [0.05, 0.1) is 0 Å². The number of pyridine rings is 1. The number of nitrogens with zero attached hydrogens (tertiary/aromatic N) is 3. The molecule has 1 aliphatic heterocycles. The van der Waals surface area contributed by atoms with Gasteiger partial charge in [0.15, 0.2) is 0 Å². The van der Waals surface area contributed by atoms with Gasteiger partial charge in [-0.2, -0.15) is 11.3 Å². The molecule has 1 aliphatic rings. The predicted molar refractivity (Wildman–Crippen MR) is 98.9 cm³/mol. The van der Waals surface area contributed by atoms with Crippen LogP contribution in [-0.4, -0.2) is 55.1 Å². The van der Waals surface area contributed by atoms with E-state index in [2.05, 4.69) is 44.0 Å². The molecule has 1 saturated heterocycles. The fourth-order valence-electron chi connectivity index (χ4n) is 2.89. The predicted octanol–water partition coefficient (Wildman–Crippen LogP) is 2.26. The minimum absolute atomic E-state index is 0.0319. The molecule has 2 aromatic rings. The minimum Gasteiger partial charge on any atom is -0.354 e. The molecular formula is C18H24N4OS. The molecule has 0 aliphatic carbocycles. The molecule has 1 amide bonds. The normalized spacial score (nSPS) is 16.8. The summed E-state index contributed by atoms with van der Waals surface area (Å²) in [5.74, 6) is 0.858. The van der Waals surface area contributed by atoms with Crippen molar-refractivity contribution in [1.29, 1.82) is 0 Å². The van der Waals surface area contributed by atoms with Gasteiger partial charge in [0, 0.05) is 44.0 Å². The molecule has 128 valence electrons. The van der Waals surface area contributed by atoms with E-state index in [1.165, 1.54) is 5.56 Å². The van der Waals surface area contributed by atoms with Crippen LogP contribution in [0.5, 0.6) is 0 Å². The Kier molecular flexibility index (Phi) is 5.48. The lowest BCUT2D eigenvalue weighted by Gasteiger charge is -2.33. The van der Waals surface area contributed by atoms with Gasteiger partial charge >= 0.3 is 0 Å². The number of hydrogen-bond donors (Lipinski definition) is 1. The van der Waals surface area contributed by atoms with Crippen LogP contribution in [-0.2, 0) is 6.42 Å². The molecule has 0 saturated carbocycles. The van der Waals surface area contributed by atoms with Crippen LogP contribution in [0.25, 0.3) is 0 Å². The van der Waals surface area contributed by atoms with Crippen molar-refractivity contribution in [3.8, 4) is 0 Å². The van der Waals surface area contributed by atoms with E-state index in [-0.39, 0.29) is 11.9 Å². The van der Waals surface area contributed by atoms with E-state index < -0.39 is 0 Å². The lowest BCUT2D eigenvalue weighted by Crippen LogP contribution is -2.45. The summed E-state index contributed by atoms with van der Waals surface area (Å²) in [6.45, 7) is 5.98. The molecule has 1 fully saturated rings. The number of thiophene rings is 1. The fourth-order valence-corrected chi connectivity index (χ4v) is 3.57. The van der Waals surface area contributed by atoms with E-state index in [1.54, 1.807) is 23.6 Å². The number of carbonyl (C=O) groups excluding carboxylic acids is 1. The maximum atomic E-state index is 12.5. The Hall–Kier alpha value is -1.92. The first kappa shape index (κ1) is 16.9. The number of hydrogen-bond acceptors (Lipinski definition) is 5. The average molecular weight is 344 g/mol. The standard InChI is InChI=1S/C18H24N4OS/c1-14(11-15-4-10-24-13-15)20-18(23)16-3-5-19-17(12-16)22-8-6-21(2)7-9-22/h3-5,10,12-14H,6-9,11H2,1-2H3,(H,20,23)/t14-/m1/s1. The first-order valence-electron chi connectivity index (χ1n) is 8.33. The first-order valence-corrected chi connectivity index (χ1v) is 9.27. The molecule has 1 atom stereocenters. The largest absolute Gasteiger partial charge is 0.354 e. The third-order valence-corrected chi connectivity index (χ3v) is 5.07. The number of rotatable bonds is 5. The van der Waals surface area contributed by atoms with Crippen LogP contribution in [0.1, 0.15) is 22.8 Å². The molecule has 6 heteroatoms. The molecule has 0 bridgehead atoms. The van der Waals surface area contributed by atoms with Crippen molar-refractivity contribution in [1.82, 2.24) is 15.2 Å². The highest BCUT2D eigenvalue weighted by atomic mass is 32.1. The Bertz CT molecular complexity index is 665. The average Bonchev–Trinajstić information content (AvgIpc) is 3.08. The highest BCUT2D eigenvalue weighted by Crippen LogP contribution is 2.15. The summed E-state index contributed by atoms with van der Waals surface area (Å²) in [5.41, 5.74) is 1.94. The number of piperazine rings is 1. The van der Waals surface area contributed by atoms with E-state index in [0.29, 0.717) is 5.56 Å². The second-order valence-corrected chi connectivity index (χ2v) is 7.18. The third kappa shape index (κ3) is 4.33. The minimum atomic E-state index is -0.0319. The molecule has 0 spiro atoms. The monoisotopic (exact) mass is 344 g/mol. The quantitative estimate of drug-likeness (QED) is 0.904. The number of aromatic nitrogens is 1. The van der Waals surface area contributed by atoms with Crippen molar-refractivity contribution < 1.29 is 4.79 Å². The first-order chi connectivity index (χ1) is 11.6. The van der Waals surface area contributed by atoms with E-state index in [1.807, 2.05) is 13.0 Å². The summed E-state index contributed by atoms with van der Waals surface area (Å²) in [5, 5.41) is 7.27. The molecular weight excluding hydrogens is 320 g/mol. The Labute approximate surface area is 147 Å². The van der Waals surface area contributed by atoms with Crippen LogP contribution in [0.2, 0.25) is 0 Å². The maximum absolute atomic E-state index is 12.5. The second kappa shape index (κ2) is 7.77. The van der Waals surface area contributed by atoms with Crippen molar-refractivity contribution in [3.63, 3.8) is 0 Å². The molecule has 3 rings (SSSR count). The third-order valence-electron chi connectivity index (χ3n) is 4.33. The van der Waals surface area contributed by atoms with E-state index in [0.717, 1.165) is 38.4 Å². The Balaban J connectivity index is 1.61. The van der Waals surface area contributed by atoms with Gasteiger partial charge in [0.1, 0.15) is 5.82 Å². The molecule has 2 aromatic heterocycles. The molecule has 0 unspecified atom stereocenters. The van der Waals surface area contributed by atoms with Crippen LogP contribution in [0, 0.1) is 0 Å². The van der Waals surface area contributed by atoms with Gasteiger partial charge in [-0.15, -0.1) is 0 Å². The Morgan fingerprint density at radius 3 is 2.83 bits per heavy atom. The van der Waals surface area contributed by atoms with Crippen LogP contribution in [0.3, 0.4) is 0 Å². The van der Waals surface area contributed by atoms with Gasteiger partial charge in [-0.3, -0.25) is 4.79 Å². The summed E-state index contributed by atoms with van der Waals surface area (Å²) in [6.07, 6.45) is 2.58. The highest BCUT2D eigenvalue weighted by Gasteiger charge is 2.17. The van der Waals surface area contributed by atoms with Gasteiger partial charge in [0.2, 0.25) is 0 Å². The lowest BCUT2D eigenvalue weighted by atomic mass is 10.1. The lowest BCUT2D eigenvalue weighted by molar-refractivity contribution is 0.0940. The van der Waals surface area contributed by atoms with Crippen LogP contribution in [0.4, 0.5) is 5.82 Å². The summed E-state index contributed by atoms with van der Waals surface area (Å²) < 4.78 is 0. The zero-order valence-electron chi connectivity index (χ0n) is 14.2. The van der Waals surface area contributed by atoms with Crippen LogP contribution in [0.15, 0.2) is 35.2 Å². The van der Waals surface area contributed by atoms with Gasteiger partial charge in [0.25, 0.3) is 5.91 Å². The number of anilines is 1. The molecule has 0 aromatic carbocycles. The summed E-state index contributed by atoms with van der Waals surface area (Å²) in [7, 11) is 2.13. The number of carbonyl (C=O) groups is 1. The number of nitrogens with one attached hydrogen (secondary N) is 1. The van der Waals surface area contributed by atoms with Crippen molar-refractivity contribution in [2.45, 2.75) is 19.4 Å². The van der Waals surface area contributed by atoms with Gasteiger partial charge in [-0.05, 0) is 54.9 Å². The fraction of sp³-hybridized carbons (Fsp3) is 0.444. The topological polar surface area (TPSA) is 48.5 Å². The smallest absolute Gasteiger partial charge is 0.251 e. The van der Waals surface area contributed by atoms with E-state index >= 15 is 0 Å². The van der Waals surface area contributed by atoms with Gasteiger partial charge in [-0.1, -0.05) is 0 Å². The summed E-state index contributed by atoms with van der Waals surface area (Å²) in [4.78, 5) is 21.5. The summed E-state index contributed by atoms with van der Waals surface area (Å²) >= 11 is 1.68. The molecule has 1 N–H and O–H groups in total. The zero-order chi connectivity index (χ0) is 16.9. The van der Waals surface area contributed by atoms with Crippen molar-refractivity contribution >= 4 is 23.1 Å². The highest BCUT2D eigenvalue weighted by molar-refractivity contribution is 7.07. The summed E-state index contributed by atoms with van der Waals surface area (Å²) in [6, 6.07) is 5.89. The van der Waals surface area contributed by atoms with Crippen molar-refractivity contribution in [2.75, 3.05) is 38.1 Å². The Morgan fingerprint density at radius 1 is 1.33 bits per heavy atom. The van der Waals surface area contributed by atoms with Crippen molar-refractivity contribution in [2.24, 2.45) is 0 Å². The molecule has 5 nitrogen and oxygen atoms in total. The van der Waals surface area contributed by atoms with E-state index in [4.69, 9.17) is 0 Å².